The minimum Gasteiger partial charge on any atom is -0.380 e. The molecule has 0 bridgehead atoms. The third kappa shape index (κ3) is 4.19. The summed E-state index contributed by atoms with van der Waals surface area (Å²) < 4.78 is 0. The molecular formula is C11H15Cl2N5O. The third-order valence-corrected chi connectivity index (χ3v) is 3.51. The molecule has 6 nitrogen and oxygen atoms in total. The lowest BCUT2D eigenvalue weighted by molar-refractivity contribution is -0.119. The van der Waals surface area contributed by atoms with Gasteiger partial charge in [0.15, 0.2) is 10.3 Å². The van der Waals surface area contributed by atoms with Crippen LogP contribution in [0.1, 0.15) is 12.8 Å². The van der Waals surface area contributed by atoms with Crippen molar-refractivity contribution in [1.82, 2.24) is 15.1 Å². The molecule has 0 saturated carbocycles. The van der Waals surface area contributed by atoms with Gasteiger partial charge in [-0.2, -0.15) is 0 Å². The Balaban J connectivity index is 1.88. The van der Waals surface area contributed by atoms with E-state index in [-0.39, 0.29) is 11.9 Å². The molecule has 3 N–H and O–H groups in total. The summed E-state index contributed by atoms with van der Waals surface area (Å²) in [5, 5.41) is 11.3. The molecular weight excluding hydrogens is 289 g/mol. The number of amides is 1. The average molecular weight is 304 g/mol. The van der Waals surface area contributed by atoms with E-state index in [2.05, 4.69) is 15.5 Å². The number of hydrogen-bond donors (Lipinski definition) is 2. The van der Waals surface area contributed by atoms with Crippen LogP contribution in [-0.2, 0) is 4.79 Å². The van der Waals surface area contributed by atoms with Gasteiger partial charge in [-0.3, -0.25) is 9.69 Å². The van der Waals surface area contributed by atoms with Gasteiger partial charge in [0, 0.05) is 25.2 Å². The van der Waals surface area contributed by atoms with Crippen molar-refractivity contribution in [1.29, 1.82) is 0 Å². The van der Waals surface area contributed by atoms with Crippen molar-refractivity contribution in [3.8, 4) is 0 Å². The SMILES string of the molecule is NC(=O)CN1CCC(Nc2cc(Cl)nnc2Cl)CC1. The first-order chi connectivity index (χ1) is 9.04. The number of aromatic nitrogens is 2. The highest BCUT2D eigenvalue weighted by Gasteiger charge is 2.20. The van der Waals surface area contributed by atoms with Crippen molar-refractivity contribution in [2.24, 2.45) is 5.73 Å². The number of nitrogens with one attached hydrogen (secondary N) is 1. The van der Waals surface area contributed by atoms with Crippen LogP contribution in [-0.4, -0.2) is 46.7 Å². The van der Waals surface area contributed by atoms with Crippen LogP contribution in [0.2, 0.25) is 10.3 Å². The van der Waals surface area contributed by atoms with E-state index in [0.717, 1.165) is 25.9 Å². The Morgan fingerprint density at radius 1 is 1.42 bits per heavy atom. The smallest absolute Gasteiger partial charge is 0.231 e. The van der Waals surface area contributed by atoms with E-state index in [1.165, 1.54) is 0 Å². The maximum absolute atomic E-state index is 10.8. The number of primary amides is 1. The molecule has 0 spiro atoms. The van der Waals surface area contributed by atoms with Crippen LogP contribution in [0.25, 0.3) is 0 Å². The molecule has 1 aliphatic heterocycles. The van der Waals surface area contributed by atoms with Crippen molar-refractivity contribution in [2.75, 3.05) is 25.0 Å². The van der Waals surface area contributed by atoms with Gasteiger partial charge in [-0.05, 0) is 12.8 Å². The molecule has 1 amide bonds. The second kappa shape index (κ2) is 6.36. The molecule has 1 aromatic heterocycles. The molecule has 2 rings (SSSR count). The number of carbonyl (C=O) groups is 1. The summed E-state index contributed by atoms with van der Waals surface area (Å²) in [6.45, 7) is 1.96. The summed E-state index contributed by atoms with van der Waals surface area (Å²) in [5.74, 6) is -0.292. The number of likely N-dealkylation sites (tertiary alicyclic amines) is 1. The number of nitrogens with zero attached hydrogens (tertiary/aromatic N) is 3. The molecule has 19 heavy (non-hydrogen) atoms. The average Bonchev–Trinajstić information content (AvgIpc) is 2.35. The zero-order valence-electron chi connectivity index (χ0n) is 10.3. The van der Waals surface area contributed by atoms with Crippen molar-refractivity contribution in [3.05, 3.63) is 16.4 Å². The van der Waals surface area contributed by atoms with Gasteiger partial charge < -0.3 is 11.1 Å². The second-order valence-electron chi connectivity index (χ2n) is 4.53. The van der Waals surface area contributed by atoms with E-state index in [4.69, 9.17) is 28.9 Å². The maximum Gasteiger partial charge on any atom is 0.231 e. The van der Waals surface area contributed by atoms with E-state index in [1.807, 2.05) is 4.90 Å². The fourth-order valence-corrected chi connectivity index (χ4v) is 2.42. The molecule has 1 aromatic rings. The normalized spacial score (nSPS) is 17.4. The predicted molar refractivity (Wildman–Crippen MR) is 74.3 cm³/mol. The molecule has 8 heteroatoms. The minimum atomic E-state index is -0.292. The quantitative estimate of drug-likeness (QED) is 0.871. The Morgan fingerprint density at radius 3 is 2.74 bits per heavy atom. The summed E-state index contributed by atoms with van der Waals surface area (Å²) in [4.78, 5) is 12.9. The fourth-order valence-electron chi connectivity index (χ4n) is 2.13. The third-order valence-electron chi connectivity index (χ3n) is 3.05. The van der Waals surface area contributed by atoms with Crippen LogP contribution in [0, 0.1) is 0 Å². The van der Waals surface area contributed by atoms with Crippen molar-refractivity contribution in [3.63, 3.8) is 0 Å². The summed E-state index contributed by atoms with van der Waals surface area (Å²) in [7, 11) is 0. The molecule has 1 saturated heterocycles. The van der Waals surface area contributed by atoms with Crippen LogP contribution >= 0.6 is 23.2 Å². The Kier molecular flexibility index (Phi) is 4.79. The largest absolute Gasteiger partial charge is 0.380 e. The predicted octanol–water partition coefficient (Wildman–Crippen LogP) is 1.15. The standard InChI is InChI=1S/C11H15Cl2N5O/c12-9-5-8(11(13)17-16-9)15-7-1-3-18(4-2-7)6-10(14)19/h5,7H,1-4,6H2,(H2,14,19)(H,15,16). The first-order valence-electron chi connectivity index (χ1n) is 6.00. The van der Waals surface area contributed by atoms with Crippen LogP contribution in [0.3, 0.4) is 0 Å². The van der Waals surface area contributed by atoms with Crippen LogP contribution in [0.4, 0.5) is 5.69 Å². The number of piperidine rings is 1. The maximum atomic E-state index is 10.8. The lowest BCUT2D eigenvalue weighted by Gasteiger charge is -2.32. The first-order valence-corrected chi connectivity index (χ1v) is 6.76. The van der Waals surface area contributed by atoms with Crippen LogP contribution in [0.5, 0.6) is 0 Å². The number of hydrogen-bond acceptors (Lipinski definition) is 5. The summed E-state index contributed by atoms with van der Waals surface area (Å²) in [5.41, 5.74) is 5.86. The zero-order chi connectivity index (χ0) is 13.8. The van der Waals surface area contributed by atoms with Gasteiger partial charge in [-0.25, -0.2) is 0 Å². The fraction of sp³-hybridized carbons (Fsp3) is 0.545. The topological polar surface area (TPSA) is 84.1 Å². The molecule has 0 unspecified atom stereocenters. The zero-order valence-corrected chi connectivity index (χ0v) is 11.8. The molecule has 0 radical (unpaired) electrons. The van der Waals surface area contributed by atoms with Crippen LogP contribution < -0.4 is 11.1 Å². The van der Waals surface area contributed by atoms with Gasteiger partial charge in [-0.15, -0.1) is 10.2 Å². The number of carbonyl (C=O) groups excluding carboxylic acids is 1. The van der Waals surface area contributed by atoms with Gasteiger partial charge >= 0.3 is 0 Å². The number of anilines is 1. The van der Waals surface area contributed by atoms with Gasteiger partial charge in [-0.1, -0.05) is 23.2 Å². The molecule has 0 aliphatic carbocycles. The molecule has 0 atom stereocenters. The Bertz CT molecular complexity index is 462. The molecule has 0 aromatic carbocycles. The van der Waals surface area contributed by atoms with Gasteiger partial charge in [0.1, 0.15) is 0 Å². The Hall–Kier alpha value is -1.11. The number of rotatable bonds is 4. The highest BCUT2D eigenvalue weighted by Crippen LogP contribution is 2.24. The highest BCUT2D eigenvalue weighted by atomic mass is 35.5. The molecule has 104 valence electrons. The van der Waals surface area contributed by atoms with E-state index >= 15 is 0 Å². The van der Waals surface area contributed by atoms with Crippen molar-refractivity contribution < 1.29 is 4.79 Å². The second-order valence-corrected chi connectivity index (χ2v) is 5.28. The Morgan fingerprint density at radius 2 is 2.11 bits per heavy atom. The summed E-state index contributed by atoms with van der Waals surface area (Å²) >= 11 is 11.7. The minimum absolute atomic E-state index is 0.280. The highest BCUT2D eigenvalue weighted by molar-refractivity contribution is 6.33. The van der Waals surface area contributed by atoms with Crippen molar-refractivity contribution >= 4 is 34.8 Å². The van der Waals surface area contributed by atoms with Gasteiger partial charge in [0.25, 0.3) is 0 Å². The van der Waals surface area contributed by atoms with Crippen LogP contribution in [0.15, 0.2) is 6.07 Å². The van der Waals surface area contributed by atoms with E-state index in [9.17, 15) is 4.79 Å². The number of halogens is 2. The number of nitrogens with two attached hydrogens (primary N) is 1. The Labute approximate surface area is 121 Å². The van der Waals surface area contributed by atoms with Crippen molar-refractivity contribution in [2.45, 2.75) is 18.9 Å². The summed E-state index contributed by atoms with van der Waals surface area (Å²) in [6.07, 6.45) is 1.81. The lowest BCUT2D eigenvalue weighted by atomic mass is 10.0. The summed E-state index contributed by atoms with van der Waals surface area (Å²) in [6, 6.07) is 1.94. The molecule has 2 heterocycles. The van der Waals surface area contributed by atoms with E-state index in [0.29, 0.717) is 22.5 Å². The molecule has 1 aliphatic rings. The lowest BCUT2D eigenvalue weighted by Crippen LogP contribution is -2.43. The monoisotopic (exact) mass is 303 g/mol. The van der Waals surface area contributed by atoms with Gasteiger partial charge in [0.05, 0.1) is 12.2 Å². The van der Waals surface area contributed by atoms with Gasteiger partial charge in [0.2, 0.25) is 5.91 Å². The first kappa shape index (κ1) is 14.3. The van der Waals surface area contributed by atoms with E-state index < -0.39 is 0 Å². The van der Waals surface area contributed by atoms with E-state index in [1.54, 1.807) is 6.07 Å². The molecule has 1 fully saturated rings.